The number of carbonyl (C=O) groups is 1. The van der Waals surface area contributed by atoms with E-state index in [1.54, 1.807) is 13.0 Å². The Labute approximate surface area is 197 Å². The summed E-state index contributed by atoms with van der Waals surface area (Å²) in [4.78, 5) is 12.9. The first kappa shape index (κ1) is 21.9. The maximum atomic E-state index is 14.0. The third-order valence-corrected chi connectivity index (χ3v) is 6.18. The molecule has 0 saturated carbocycles. The summed E-state index contributed by atoms with van der Waals surface area (Å²) in [5, 5.41) is 6.33. The summed E-state index contributed by atoms with van der Waals surface area (Å²) in [6.07, 6.45) is -0.515. The van der Waals surface area contributed by atoms with E-state index in [4.69, 9.17) is 4.74 Å². The van der Waals surface area contributed by atoms with Gasteiger partial charge in [0, 0.05) is 22.2 Å². The zero-order valence-electron chi connectivity index (χ0n) is 19.7. The van der Waals surface area contributed by atoms with E-state index in [1.165, 1.54) is 10.7 Å². The SMILES string of the molecule is Cc1cc(-n2c(C(C)C)cc3cc4c(cc32)c(C)nn4C(=O)OCc2ccccc2)ccc1F. The van der Waals surface area contributed by atoms with Gasteiger partial charge in [0.1, 0.15) is 12.4 Å². The number of benzene rings is 3. The maximum absolute atomic E-state index is 14.0. The highest BCUT2D eigenvalue weighted by atomic mass is 19.1. The van der Waals surface area contributed by atoms with E-state index in [1.807, 2.05) is 49.4 Å². The fourth-order valence-corrected chi connectivity index (χ4v) is 4.39. The second kappa shape index (κ2) is 8.45. The van der Waals surface area contributed by atoms with Crippen LogP contribution in [0.2, 0.25) is 0 Å². The van der Waals surface area contributed by atoms with Crippen molar-refractivity contribution in [2.45, 2.75) is 40.2 Å². The molecule has 0 N–H and O–H groups in total. The van der Waals surface area contributed by atoms with Crippen molar-refractivity contribution in [3.63, 3.8) is 0 Å². The Balaban J connectivity index is 1.62. The number of aromatic nitrogens is 3. The number of carbonyl (C=O) groups excluding carboxylic acids is 1. The molecule has 172 valence electrons. The Morgan fingerprint density at radius 2 is 1.76 bits per heavy atom. The van der Waals surface area contributed by atoms with E-state index in [2.05, 4.69) is 35.6 Å². The predicted molar refractivity (Wildman–Crippen MR) is 132 cm³/mol. The smallest absolute Gasteiger partial charge is 0.435 e. The number of hydrogen-bond donors (Lipinski definition) is 0. The predicted octanol–water partition coefficient (Wildman–Crippen LogP) is 7.04. The molecule has 2 aromatic heterocycles. The van der Waals surface area contributed by atoms with Gasteiger partial charge in [-0.15, -0.1) is 0 Å². The summed E-state index contributed by atoms with van der Waals surface area (Å²) in [5.74, 6) is 0.0224. The monoisotopic (exact) mass is 455 g/mol. The topological polar surface area (TPSA) is 49.0 Å². The normalized spacial score (nSPS) is 11.6. The minimum absolute atomic E-state index is 0.181. The molecule has 2 heterocycles. The summed E-state index contributed by atoms with van der Waals surface area (Å²) >= 11 is 0. The number of fused-ring (bicyclic) bond motifs is 2. The molecule has 0 aliphatic heterocycles. The van der Waals surface area contributed by atoms with Gasteiger partial charge in [0.05, 0.1) is 16.7 Å². The van der Waals surface area contributed by atoms with E-state index in [9.17, 15) is 9.18 Å². The van der Waals surface area contributed by atoms with Crippen LogP contribution in [0.15, 0.2) is 66.7 Å². The summed E-state index contributed by atoms with van der Waals surface area (Å²) < 4.78 is 23.0. The number of nitrogens with zero attached hydrogens (tertiary/aromatic N) is 3. The van der Waals surface area contributed by atoms with Crippen LogP contribution in [-0.4, -0.2) is 20.4 Å². The van der Waals surface area contributed by atoms with Crippen molar-refractivity contribution in [2.24, 2.45) is 0 Å². The largest absolute Gasteiger partial charge is 0.443 e. The fourth-order valence-electron chi connectivity index (χ4n) is 4.39. The first-order valence-electron chi connectivity index (χ1n) is 11.4. The quantitative estimate of drug-likeness (QED) is 0.292. The van der Waals surface area contributed by atoms with Gasteiger partial charge in [-0.25, -0.2) is 9.18 Å². The van der Waals surface area contributed by atoms with Gasteiger partial charge in [-0.1, -0.05) is 44.2 Å². The lowest BCUT2D eigenvalue weighted by atomic mass is 10.1. The second-order valence-corrected chi connectivity index (χ2v) is 8.96. The number of ether oxygens (including phenoxy) is 1. The van der Waals surface area contributed by atoms with E-state index in [0.29, 0.717) is 11.1 Å². The van der Waals surface area contributed by atoms with Crippen molar-refractivity contribution < 1.29 is 13.9 Å². The molecule has 0 saturated heterocycles. The minimum Gasteiger partial charge on any atom is -0.443 e. The molecular formula is C28H26FN3O2. The van der Waals surface area contributed by atoms with Crippen LogP contribution in [0, 0.1) is 19.7 Å². The zero-order chi connectivity index (χ0) is 24.0. The van der Waals surface area contributed by atoms with Crippen LogP contribution >= 0.6 is 0 Å². The molecule has 0 bridgehead atoms. The van der Waals surface area contributed by atoms with Gasteiger partial charge in [-0.2, -0.15) is 9.78 Å². The molecule has 6 heteroatoms. The van der Waals surface area contributed by atoms with E-state index in [-0.39, 0.29) is 18.3 Å². The molecule has 0 atom stereocenters. The average molecular weight is 456 g/mol. The number of halogens is 1. The molecule has 0 unspecified atom stereocenters. The van der Waals surface area contributed by atoms with Gasteiger partial charge >= 0.3 is 6.09 Å². The fraction of sp³-hybridized carbons (Fsp3) is 0.214. The first-order chi connectivity index (χ1) is 16.3. The Bertz CT molecular complexity index is 1530. The zero-order valence-corrected chi connectivity index (χ0v) is 19.7. The third-order valence-electron chi connectivity index (χ3n) is 6.18. The van der Waals surface area contributed by atoms with Gasteiger partial charge in [0.2, 0.25) is 0 Å². The lowest BCUT2D eigenvalue weighted by molar-refractivity contribution is 0.139. The van der Waals surface area contributed by atoms with Crippen LogP contribution in [-0.2, 0) is 11.3 Å². The van der Waals surface area contributed by atoms with Crippen molar-refractivity contribution >= 4 is 27.9 Å². The summed E-state index contributed by atoms with van der Waals surface area (Å²) in [6.45, 7) is 8.10. The molecule has 3 aromatic carbocycles. The molecule has 5 nitrogen and oxygen atoms in total. The minimum atomic E-state index is -0.515. The summed E-state index contributed by atoms with van der Waals surface area (Å²) in [5.41, 5.74) is 5.96. The molecule has 0 amide bonds. The molecule has 0 spiro atoms. The van der Waals surface area contributed by atoms with Crippen LogP contribution in [0.25, 0.3) is 27.5 Å². The van der Waals surface area contributed by atoms with Gasteiger partial charge in [0.25, 0.3) is 0 Å². The van der Waals surface area contributed by atoms with E-state index >= 15 is 0 Å². The van der Waals surface area contributed by atoms with Crippen molar-refractivity contribution in [2.75, 3.05) is 0 Å². The molecular weight excluding hydrogens is 429 g/mol. The lowest BCUT2D eigenvalue weighted by Crippen LogP contribution is -2.15. The number of hydrogen-bond acceptors (Lipinski definition) is 3. The van der Waals surface area contributed by atoms with E-state index < -0.39 is 6.09 Å². The Hall–Kier alpha value is -3.93. The van der Waals surface area contributed by atoms with Crippen LogP contribution in [0.3, 0.4) is 0 Å². The van der Waals surface area contributed by atoms with Crippen LogP contribution in [0.5, 0.6) is 0 Å². The standard InChI is InChI=1S/C28H26FN3O2/c1-17(2)25-13-21-14-27-23(15-26(21)31(25)22-10-11-24(29)18(3)12-22)19(4)30-32(27)28(33)34-16-20-8-6-5-7-9-20/h5-15,17H,16H2,1-4H3. The Kier molecular flexibility index (Phi) is 5.44. The van der Waals surface area contributed by atoms with Gasteiger partial charge in [-0.05, 0) is 67.3 Å². The Morgan fingerprint density at radius 1 is 1.00 bits per heavy atom. The van der Waals surface area contributed by atoms with Crippen LogP contribution < -0.4 is 0 Å². The van der Waals surface area contributed by atoms with Crippen molar-refractivity contribution in [1.82, 2.24) is 14.3 Å². The van der Waals surface area contributed by atoms with Crippen LogP contribution in [0.4, 0.5) is 9.18 Å². The highest BCUT2D eigenvalue weighted by Gasteiger charge is 2.20. The van der Waals surface area contributed by atoms with E-state index in [0.717, 1.165) is 38.9 Å². The summed E-state index contributed by atoms with van der Waals surface area (Å²) in [7, 11) is 0. The highest BCUT2D eigenvalue weighted by molar-refractivity contribution is 6.00. The third kappa shape index (κ3) is 3.75. The highest BCUT2D eigenvalue weighted by Crippen LogP contribution is 2.33. The molecule has 0 fully saturated rings. The molecule has 5 rings (SSSR count). The Morgan fingerprint density at radius 3 is 2.47 bits per heavy atom. The molecule has 5 aromatic rings. The number of aryl methyl sites for hydroxylation is 2. The van der Waals surface area contributed by atoms with Crippen molar-refractivity contribution in [3.05, 3.63) is 95.1 Å². The first-order valence-corrected chi connectivity index (χ1v) is 11.4. The van der Waals surface area contributed by atoms with Crippen molar-refractivity contribution in [3.8, 4) is 5.69 Å². The maximum Gasteiger partial charge on any atom is 0.435 e. The molecule has 0 aliphatic carbocycles. The van der Waals surface area contributed by atoms with Gasteiger partial charge in [-0.3, -0.25) is 0 Å². The van der Waals surface area contributed by atoms with Crippen LogP contribution in [0.1, 0.15) is 42.3 Å². The molecule has 34 heavy (non-hydrogen) atoms. The van der Waals surface area contributed by atoms with Gasteiger partial charge < -0.3 is 9.30 Å². The average Bonchev–Trinajstić information content (AvgIpc) is 3.36. The number of rotatable bonds is 4. The molecule has 0 radical (unpaired) electrons. The second-order valence-electron chi connectivity index (χ2n) is 8.96. The van der Waals surface area contributed by atoms with Gasteiger partial charge in [0.15, 0.2) is 0 Å². The molecule has 0 aliphatic rings. The van der Waals surface area contributed by atoms with Crippen molar-refractivity contribution in [1.29, 1.82) is 0 Å². The summed E-state index contributed by atoms with van der Waals surface area (Å²) in [6, 6.07) is 20.9. The lowest BCUT2D eigenvalue weighted by Gasteiger charge is -2.14.